The van der Waals surface area contributed by atoms with Crippen molar-refractivity contribution in [2.75, 3.05) is 5.75 Å². The maximum atomic E-state index is 10.5. The van der Waals surface area contributed by atoms with Crippen molar-refractivity contribution >= 4 is 30.1 Å². The van der Waals surface area contributed by atoms with Crippen LogP contribution in [0.1, 0.15) is 6.92 Å². The number of aliphatic carboxylic acids is 1. The largest absolute Gasteiger partial charge is 0.480 e. The fraction of sp³-hybridized carbons (Fsp3) is 0.600. The van der Waals surface area contributed by atoms with E-state index in [1.54, 1.807) is 0 Å². The third-order valence-corrected chi connectivity index (χ3v) is 3.36. The molecule has 9 heteroatoms. The molecule has 1 atom stereocenters. The molecule has 0 saturated carbocycles. The fourth-order valence-corrected chi connectivity index (χ4v) is 2.19. The van der Waals surface area contributed by atoms with Gasteiger partial charge in [0.2, 0.25) is 5.91 Å². The second-order valence-electron chi connectivity index (χ2n) is 2.38. The summed E-state index contributed by atoms with van der Waals surface area (Å²) in [5, 5.41) is 10.6. The first-order chi connectivity index (χ1) is 6.22. The minimum Gasteiger partial charge on any atom is -0.480 e. The Bertz CT molecular complexity index is 275. The van der Waals surface area contributed by atoms with Gasteiger partial charge in [-0.1, -0.05) is 0 Å². The van der Waals surface area contributed by atoms with Gasteiger partial charge in [-0.15, -0.1) is 0 Å². The molecule has 0 rings (SSSR count). The summed E-state index contributed by atoms with van der Waals surface area (Å²) in [5.41, 5.74) is 0. The van der Waals surface area contributed by atoms with E-state index in [1.165, 1.54) is 0 Å². The minimum atomic E-state index is -4.30. The molecule has 1 amide bonds. The number of rotatable bonds is 5. The molecule has 0 aliphatic carbocycles. The highest BCUT2D eigenvalue weighted by molar-refractivity contribution is 8.54. The Balaban J connectivity index is 4.18. The van der Waals surface area contributed by atoms with Crippen LogP contribution in [0.3, 0.4) is 0 Å². The number of carboxylic acid groups (broad SMARTS) is 1. The highest BCUT2D eigenvalue weighted by Gasteiger charge is 2.23. The molecule has 0 saturated heterocycles. The number of hydrogen-bond acceptors (Lipinski definition) is 4. The summed E-state index contributed by atoms with van der Waals surface area (Å²) in [6.07, 6.45) is 0. The summed E-state index contributed by atoms with van der Waals surface area (Å²) in [7, 11) is 0. The number of hydrogen-bond donors (Lipinski definition) is 4. The van der Waals surface area contributed by atoms with Crippen LogP contribution in [0.4, 0.5) is 0 Å². The highest BCUT2D eigenvalue weighted by Crippen LogP contribution is 2.50. The van der Waals surface area contributed by atoms with Gasteiger partial charge in [0.05, 0.1) is 0 Å². The lowest BCUT2D eigenvalue weighted by Crippen LogP contribution is -2.41. The van der Waals surface area contributed by atoms with E-state index in [1.807, 2.05) is 5.32 Å². The summed E-state index contributed by atoms with van der Waals surface area (Å²) >= 11 is 0.183. The van der Waals surface area contributed by atoms with Crippen molar-refractivity contribution in [3.8, 4) is 0 Å². The maximum Gasteiger partial charge on any atom is 0.384 e. The van der Waals surface area contributed by atoms with Crippen LogP contribution in [0, 0.1) is 0 Å². The molecule has 7 nitrogen and oxygen atoms in total. The Kier molecular flexibility index (Phi) is 5.14. The maximum absolute atomic E-state index is 10.5. The Morgan fingerprint density at radius 2 is 2.00 bits per heavy atom. The van der Waals surface area contributed by atoms with Crippen LogP contribution in [0.25, 0.3) is 0 Å². The summed E-state index contributed by atoms with van der Waals surface area (Å²) in [6, 6.07) is -1.29. The van der Waals surface area contributed by atoms with Crippen LogP contribution in [0.5, 0.6) is 0 Å². The lowest BCUT2D eigenvalue weighted by Gasteiger charge is -2.12. The van der Waals surface area contributed by atoms with Crippen molar-refractivity contribution in [1.29, 1.82) is 0 Å². The van der Waals surface area contributed by atoms with Crippen molar-refractivity contribution in [3.05, 3.63) is 0 Å². The van der Waals surface area contributed by atoms with Gasteiger partial charge in [0.1, 0.15) is 6.04 Å². The van der Waals surface area contributed by atoms with Gasteiger partial charge in [-0.3, -0.25) is 4.79 Å². The monoisotopic (exact) mass is 243 g/mol. The number of nitrogens with one attached hydrogen (secondary N) is 1. The van der Waals surface area contributed by atoms with Gasteiger partial charge < -0.3 is 20.2 Å². The third kappa shape index (κ3) is 6.90. The molecule has 14 heavy (non-hydrogen) atoms. The molecule has 0 spiro atoms. The minimum absolute atomic E-state index is 0.183. The summed E-state index contributed by atoms with van der Waals surface area (Å²) in [4.78, 5) is 37.9. The molecule has 0 aliphatic heterocycles. The molecular formula is C5H10NO6PS. The van der Waals surface area contributed by atoms with Crippen molar-refractivity contribution in [2.24, 2.45) is 0 Å². The Morgan fingerprint density at radius 1 is 1.50 bits per heavy atom. The molecular weight excluding hydrogens is 233 g/mol. The van der Waals surface area contributed by atoms with Gasteiger partial charge in [0.25, 0.3) is 0 Å². The predicted octanol–water partition coefficient (Wildman–Crippen LogP) is -0.598. The number of carbonyl (C=O) groups excluding carboxylic acids is 1. The van der Waals surface area contributed by atoms with Crippen LogP contribution in [0.2, 0.25) is 0 Å². The first-order valence-electron chi connectivity index (χ1n) is 3.42. The molecule has 0 fully saturated rings. The average molecular weight is 243 g/mol. The molecule has 0 aromatic heterocycles. The molecule has 0 aromatic rings. The van der Waals surface area contributed by atoms with E-state index in [0.29, 0.717) is 0 Å². The second-order valence-corrected chi connectivity index (χ2v) is 6.15. The summed E-state index contributed by atoms with van der Waals surface area (Å²) < 4.78 is 10.4. The van der Waals surface area contributed by atoms with E-state index in [0.717, 1.165) is 6.92 Å². The van der Waals surface area contributed by atoms with Gasteiger partial charge in [-0.05, 0) is 11.4 Å². The van der Waals surface area contributed by atoms with Crippen LogP contribution < -0.4 is 5.32 Å². The normalized spacial score (nSPS) is 13.4. The van der Waals surface area contributed by atoms with E-state index < -0.39 is 24.7 Å². The molecule has 0 aliphatic rings. The predicted molar refractivity (Wildman–Crippen MR) is 49.7 cm³/mol. The van der Waals surface area contributed by atoms with Crippen molar-refractivity contribution in [2.45, 2.75) is 13.0 Å². The molecule has 82 valence electrons. The summed E-state index contributed by atoms with van der Waals surface area (Å²) in [5.74, 6) is -2.27. The standard InChI is InChI=1S/C5H10NO6PS/c1-3(7)6-4(5(8)9)2-14-13(10,11)12/h4H,2H2,1H3,(H,6,7)(H,8,9)(H2,10,11,12). The number of amides is 1. The SMILES string of the molecule is CC(=O)NC(CSP(=O)(O)O)C(=O)O. The lowest BCUT2D eigenvalue weighted by molar-refractivity contribution is -0.140. The topological polar surface area (TPSA) is 124 Å². The Labute approximate surface area is 83.8 Å². The zero-order valence-corrected chi connectivity index (χ0v) is 8.92. The first kappa shape index (κ1) is 13.4. The molecule has 0 radical (unpaired) electrons. The Morgan fingerprint density at radius 3 is 2.29 bits per heavy atom. The second kappa shape index (κ2) is 5.35. The quantitative estimate of drug-likeness (QED) is 0.475. The highest BCUT2D eigenvalue weighted by atomic mass is 32.7. The number of carboxylic acids is 1. The van der Waals surface area contributed by atoms with Gasteiger partial charge in [0, 0.05) is 12.7 Å². The molecule has 0 heterocycles. The van der Waals surface area contributed by atoms with Gasteiger partial charge in [0.15, 0.2) is 0 Å². The molecule has 0 bridgehead atoms. The van der Waals surface area contributed by atoms with Crippen molar-refractivity contribution < 1.29 is 29.0 Å². The van der Waals surface area contributed by atoms with E-state index in [9.17, 15) is 14.2 Å². The first-order valence-corrected chi connectivity index (χ1v) is 6.62. The van der Waals surface area contributed by atoms with E-state index in [4.69, 9.17) is 14.9 Å². The zero-order valence-electron chi connectivity index (χ0n) is 7.21. The molecule has 1 unspecified atom stereocenters. The van der Waals surface area contributed by atoms with Crippen LogP contribution in [-0.2, 0) is 14.2 Å². The van der Waals surface area contributed by atoms with Crippen LogP contribution in [0.15, 0.2) is 0 Å². The van der Waals surface area contributed by atoms with E-state index in [-0.39, 0.29) is 17.1 Å². The number of carbonyl (C=O) groups is 2. The summed E-state index contributed by atoms with van der Waals surface area (Å²) in [6.45, 7) is -3.18. The van der Waals surface area contributed by atoms with Crippen molar-refractivity contribution in [3.63, 3.8) is 0 Å². The Hall–Kier alpha value is -0.560. The fourth-order valence-electron chi connectivity index (χ4n) is 0.592. The third-order valence-electron chi connectivity index (χ3n) is 1.08. The van der Waals surface area contributed by atoms with Crippen LogP contribution in [-0.4, -0.2) is 38.6 Å². The van der Waals surface area contributed by atoms with E-state index in [2.05, 4.69) is 0 Å². The van der Waals surface area contributed by atoms with Gasteiger partial charge in [-0.2, -0.15) is 0 Å². The zero-order chi connectivity index (χ0) is 11.4. The van der Waals surface area contributed by atoms with Crippen LogP contribution >= 0.6 is 18.2 Å². The molecule has 0 aromatic carbocycles. The van der Waals surface area contributed by atoms with Gasteiger partial charge >= 0.3 is 12.8 Å². The van der Waals surface area contributed by atoms with E-state index >= 15 is 0 Å². The lowest BCUT2D eigenvalue weighted by atomic mass is 10.3. The van der Waals surface area contributed by atoms with Crippen molar-refractivity contribution in [1.82, 2.24) is 5.32 Å². The average Bonchev–Trinajstić information content (AvgIpc) is 1.94. The smallest absolute Gasteiger partial charge is 0.384 e. The molecule has 4 N–H and O–H groups in total. The van der Waals surface area contributed by atoms with Gasteiger partial charge in [-0.25, -0.2) is 9.36 Å².